The van der Waals surface area contributed by atoms with Gasteiger partial charge < -0.3 is 5.32 Å². The standard InChI is InChI=1S/C13H15BrFN3/c1-8(2)16-13-17-9(3)7-18(13)12-5-4-10(15)6-11(12)14/h4-8H,1-3H3,(H,16,17). The number of rotatable bonds is 3. The average molecular weight is 312 g/mol. The van der Waals surface area contributed by atoms with Gasteiger partial charge in [0.2, 0.25) is 5.95 Å². The summed E-state index contributed by atoms with van der Waals surface area (Å²) in [5.74, 6) is 0.496. The van der Waals surface area contributed by atoms with Crippen LogP contribution in [0.15, 0.2) is 28.9 Å². The highest BCUT2D eigenvalue weighted by Gasteiger charge is 2.11. The third-order valence-electron chi connectivity index (χ3n) is 2.41. The maximum absolute atomic E-state index is 13.1. The van der Waals surface area contributed by atoms with Crippen LogP contribution in [0, 0.1) is 12.7 Å². The molecule has 0 amide bonds. The lowest BCUT2D eigenvalue weighted by atomic mass is 10.3. The van der Waals surface area contributed by atoms with Gasteiger partial charge >= 0.3 is 0 Å². The van der Waals surface area contributed by atoms with E-state index < -0.39 is 0 Å². The second-order valence-corrected chi connectivity index (χ2v) is 5.33. The number of anilines is 1. The molecule has 0 saturated heterocycles. The third-order valence-corrected chi connectivity index (χ3v) is 3.05. The normalized spacial score (nSPS) is 11.0. The van der Waals surface area contributed by atoms with Crippen molar-refractivity contribution in [2.24, 2.45) is 0 Å². The number of nitrogens with zero attached hydrogens (tertiary/aromatic N) is 2. The van der Waals surface area contributed by atoms with Crippen LogP contribution in [0.5, 0.6) is 0 Å². The number of aryl methyl sites for hydroxylation is 1. The van der Waals surface area contributed by atoms with E-state index in [4.69, 9.17) is 0 Å². The van der Waals surface area contributed by atoms with Crippen LogP contribution in [0.2, 0.25) is 0 Å². The molecule has 1 aromatic carbocycles. The van der Waals surface area contributed by atoms with E-state index >= 15 is 0 Å². The van der Waals surface area contributed by atoms with Crippen LogP contribution in [0.25, 0.3) is 5.69 Å². The first-order valence-electron chi connectivity index (χ1n) is 5.75. The maximum Gasteiger partial charge on any atom is 0.207 e. The van der Waals surface area contributed by atoms with E-state index in [0.29, 0.717) is 4.47 Å². The zero-order chi connectivity index (χ0) is 13.3. The largest absolute Gasteiger partial charge is 0.353 e. The fourth-order valence-corrected chi connectivity index (χ4v) is 2.26. The first kappa shape index (κ1) is 13.1. The van der Waals surface area contributed by atoms with Gasteiger partial charge in [0.25, 0.3) is 0 Å². The number of benzene rings is 1. The van der Waals surface area contributed by atoms with Crippen molar-refractivity contribution in [3.05, 3.63) is 40.4 Å². The van der Waals surface area contributed by atoms with Crippen LogP contribution in [0.1, 0.15) is 19.5 Å². The zero-order valence-corrected chi connectivity index (χ0v) is 12.1. The van der Waals surface area contributed by atoms with E-state index in [-0.39, 0.29) is 11.9 Å². The highest BCUT2D eigenvalue weighted by Crippen LogP contribution is 2.25. The molecule has 0 bridgehead atoms. The summed E-state index contributed by atoms with van der Waals surface area (Å²) >= 11 is 3.38. The summed E-state index contributed by atoms with van der Waals surface area (Å²) in [5.41, 5.74) is 1.77. The Hall–Kier alpha value is -1.36. The molecule has 5 heteroatoms. The number of halogens is 2. The number of hydrogen-bond donors (Lipinski definition) is 1. The van der Waals surface area contributed by atoms with Gasteiger partial charge in [0.05, 0.1) is 11.4 Å². The molecule has 1 aromatic heterocycles. The summed E-state index contributed by atoms with van der Waals surface area (Å²) in [7, 11) is 0. The Kier molecular flexibility index (Phi) is 3.71. The Morgan fingerprint density at radius 1 is 1.39 bits per heavy atom. The van der Waals surface area contributed by atoms with Crippen LogP contribution >= 0.6 is 15.9 Å². The van der Waals surface area contributed by atoms with Crippen LogP contribution in [0.4, 0.5) is 10.3 Å². The van der Waals surface area contributed by atoms with Crippen molar-refractivity contribution in [3.63, 3.8) is 0 Å². The second-order valence-electron chi connectivity index (χ2n) is 4.47. The van der Waals surface area contributed by atoms with Gasteiger partial charge in [0.15, 0.2) is 0 Å². The van der Waals surface area contributed by atoms with E-state index in [9.17, 15) is 4.39 Å². The molecule has 96 valence electrons. The van der Waals surface area contributed by atoms with Crippen molar-refractivity contribution in [2.75, 3.05) is 5.32 Å². The molecule has 18 heavy (non-hydrogen) atoms. The number of aromatic nitrogens is 2. The smallest absolute Gasteiger partial charge is 0.207 e. The van der Waals surface area contributed by atoms with Crippen LogP contribution in [-0.4, -0.2) is 15.6 Å². The SMILES string of the molecule is Cc1cn(-c2ccc(F)cc2Br)c(NC(C)C)n1. The van der Waals surface area contributed by atoms with Crippen molar-refractivity contribution in [1.29, 1.82) is 0 Å². The monoisotopic (exact) mass is 311 g/mol. The Balaban J connectivity index is 2.49. The number of imidazole rings is 1. The molecule has 0 aliphatic heterocycles. The predicted molar refractivity (Wildman–Crippen MR) is 74.7 cm³/mol. The molecular formula is C13H15BrFN3. The molecule has 0 aliphatic carbocycles. The first-order chi connectivity index (χ1) is 8.47. The molecule has 0 saturated carbocycles. The van der Waals surface area contributed by atoms with Gasteiger partial charge in [-0.1, -0.05) is 0 Å². The summed E-state index contributed by atoms with van der Waals surface area (Å²) in [6.45, 7) is 6.03. The fraction of sp³-hybridized carbons (Fsp3) is 0.308. The Labute approximate surface area is 114 Å². The summed E-state index contributed by atoms with van der Waals surface area (Å²) in [5, 5.41) is 3.27. The summed E-state index contributed by atoms with van der Waals surface area (Å²) in [6, 6.07) is 4.90. The molecule has 0 spiro atoms. The van der Waals surface area contributed by atoms with E-state index in [1.54, 1.807) is 6.07 Å². The van der Waals surface area contributed by atoms with Crippen molar-refractivity contribution in [3.8, 4) is 5.69 Å². The molecular weight excluding hydrogens is 297 g/mol. The van der Waals surface area contributed by atoms with E-state index in [1.807, 2.05) is 31.5 Å². The van der Waals surface area contributed by atoms with Gasteiger partial charge in [-0.15, -0.1) is 0 Å². The van der Waals surface area contributed by atoms with E-state index in [1.165, 1.54) is 12.1 Å². The van der Waals surface area contributed by atoms with Crippen molar-refractivity contribution >= 4 is 21.9 Å². The lowest BCUT2D eigenvalue weighted by Crippen LogP contribution is -2.14. The average Bonchev–Trinajstić information content (AvgIpc) is 2.58. The highest BCUT2D eigenvalue weighted by atomic mass is 79.9. The maximum atomic E-state index is 13.1. The van der Waals surface area contributed by atoms with Crippen molar-refractivity contribution < 1.29 is 4.39 Å². The first-order valence-corrected chi connectivity index (χ1v) is 6.54. The van der Waals surface area contributed by atoms with E-state index in [0.717, 1.165) is 17.3 Å². The minimum absolute atomic E-state index is 0.263. The molecule has 1 N–H and O–H groups in total. The highest BCUT2D eigenvalue weighted by molar-refractivity contribution is 9.10. The molecule has 2 rings (SSSR count). The summed E-state index contributed by atoms with van der Waals surface area (Å²) in [6.07, 6.45) is 1.92. The molecule has 3 nitrogen and oxygen atoms in total. The molecule has 0 radical (unpaired) electrons. The molecule has 0 atom stereocenters. The van der Waals surface area contributed by atoms with Gasteiger partial charge in [-0.3, -0.25) is 4.57 Å². The third kappa shape index (κ3) is 2.72. The van der Waals surface area contributed by atoms with Gasteiger partial charge in [0.1, 0.15) is 5.82 Å². The Morgan fingerprint density at radius 2 is 2.11 bits per heavy atom. The minimum atomic E-state index is -0.263. The Morgan fingerprint density at radius 3 is 2.72 bits per heavy atom. The quantitative estimate of drug-likeness (QED) is 0.931. The van der Waals surface area contributed by atoms with Crippen molar-refractivity contribution in [2.45, 2.75) is 26.8 Å². The van der Waals surface area contributed by atoms with Gasteiger partial charge in [-0.05, 0) is 54.9 Å². The molecule has 2 aromatic rings. The van der Waals surface area contributed by atoms with Crippen molar-refractivity contribution in [1.82, 2.24) is 9.55 Å². The minimum Gasteiger partial charge on any atom is -0.353 e. The van der Waals surface area contributed by atoms with Gasteiger partial charge in [-0.2, -0.15) is 0 Å². The molecule has 0 fully saturated rings. The summed E-state index contributed by atoms with van der Waals surface area (Å²) < 4.78 is 15.7. The lowest BCUT2D eigenvalue weighted by Gasteiger charge is -2.13. The molecule has 1 heterocycles. The molecule has 0 aliphatic rings. The van der Waals surface area contributed by atoms with Crippen LogP contribution in [0.3, 0.4) is 0 Å². The second kappa shape index (κ2) is 5.10. The summed E-state index contributed by atoms with van der Waals surface area (Å²) in [4.78, 5) is 4.43. The van der Waals surface area contributed by atoms with Gasteiger partial charge in [0, 0.05) is 16.7 Å². The molecule has 0 unspecified atom stereocenters. The topological polar surface area (TPSA) is 29.9 Å². The fourth-order valence-electron chi connectivity index (χ4n) is 1.72. The van der Waals surface area contributed by atoms with Crippen LogP contribution < -0.4 is 5.32 Å². The zero-order valence-electron chi connectivity index (χ0n) is 10.5. The lowest BCUT2D eigenvalue weighted by molar-refractivity contribution is 0.626. The van der Waals surface area contributed by atoms with E-state index in [2.05, 4.69) is 26.2 Å². The number of nitrogens with one attached hydrogen (secondary N) is 1. The van der Waals surface area contributed by atoms with Crippen LogP contribution in [-0.2, 0) is 0 Å². The van der Waals surface area contributed by atoms with Gasteiger partial charge in [-0.25, -0.2) is 9.37 Å². The predicted octanol–water partition coefficient (Wildman–Crippen LogP) is 3.90. The Bertz CT molecular complexity index is 563. The number of hydrogen-bond acceptors (Lipinski definition) is 2.